The van der Waals surface area contributed by atoms with Gasteiger partial charge in [-0.15, -0.1) is 11.6 Å². The average molecular weight is 222 g/mol. The van der Waals surface area contributed by atoms with Gasteiger partial charge < -0.3 is 0 Å². The Bertz CT molecular complexity index is 328. The fourth-order valence-corrected chi connectivity index (χ4v) is 3.35. The SMILES string of the molecule is ClC(Cc1ccncc1)C1CC2CC2C1. The molecule has 3 rings (SSSR count). The Hall–Kier alpha value is -0.560. The third-order valence-electron chi connectivity index (χ3n) is 3.97. The Kier molecular flexibility index (Phi) is 2.44. The lowest BCUT2D eigenvalue weighted by Crippen LogP contribution is -2.16. The van der Waals surface area contributed by atoms with Crippen LogP contribution in [0.3, 0.4) is 0 Å². The molecule has 80 valence electrons. The van der Waals surface area contributed by atoms with Crippen molar-refractivity contribution in [2.75, 3.05) is 0 Å². The number of nitrogens with zero attached hydrogens (tertiary/aromatic N) is 1. The molecule has 3 unspecified atom stereocenters. The number of pyridine rings is 1. The van der Waals surface area contributed by atoms with E-state index >= 15 is 0 Å². The van der Waals surface area contributed by atoms with Gasteiger partial charge in [0.05, 0.1) is 0 Å². The summed E-state index contributed by atoms with van der Waals surface area (Å²) in [5.74, 6) is 2.84. The van der Waals surface area contributed by atoms with E-state index in [0.717, 1.165) is 24.2 Å². The van der Waals surface area contributed by atoms with Gasteiger partial charge in [0.15, 0.2) is 0 Å². The highest BCUT2D eigenvalue weighted by Gasteiger charge is 2.47. The molecule has 1 heterocycles. The topological polar surface area (TPSA) is 12.9 Å². The smallest absolute Gasteiger partial charge is 0.0404 e. The van der Waals surface area contributed by atoms with Gasteiger partial charge in [0, 0.05) is 17.8 Å². The predicted molar refractivity (Wildman–Crippen MR) is 61.9 cm³/mol. The summed E-state index contributed by atoms with van der Waals surface area (Å²) < 4.78 is 0. The molecule has 0 radical (unpaired) electrons. The first-order valence-corrected chi connectivity index (χ1v) is 6.29. The Balaban J connectivity index is 1.59. The normalized spacial score (nSPS) is 34.9. The van der Waals surface area contributed by atoms with Gasteiger partial charge in [-0.2, -0.15) is 0 Å². The molecule has 0 aliphatic heterocycles. The molecule has 0 bridgehead atoms. The lowest BCUT2D eigenvalue weighted by molar-refractivity contribution is 0.460. The first kappa shape index (κ1) is 9.65. The van der Waals surface area contributed by atoms with Gasteiger partial charge in [-0.05, 0) is 61.1 Å². The zero-order valence-corrected chi connectivity index (χ0v) is 9.53. The van der Waals surface area contributed by atoms with Crippen molar-refractivity contribution in [2.24, 2.45) is 17.8 Å². The van der Waals surface area contributed by atoms with Crippen LogP contribution in [0.4, 0.5) is 0 Å². The molecular formula is C13H16ClN. The van der Waals surface area contributed by atoms with Gasteiger partial charge in [0.1, 0.15) is 0 Å². The van der Waals surface area contributed by atoms with Crippen LogP contribution in [0.15, 0.2) is 24.5 Å². The summed E-state index contributed by atoms with van der Waals surface area (Å²) in [6, 6.07) is 4.15. The molecule has 0 N–H and O–H groups in total. The van der Waals surface area contributed by atoms with E-state index in [2.05, 4.69) is 17.1 Å². The van der Waals surface area contributed by atoms with Crippen LogP contribution in [0.2, 0.25) is 0 Å². The lowest BCUT2D eigenvalue weighted by Gasteiger charge is -2.18. The molecule has 2 fully saturated rings. The number of hydrogen-bond donors (Lipinski definition) is 0. The van der Waals surface area contributed by atoms with Gasteiger partial charge in [-0.3, -0.25) is 4.98 Å². The van der Waals surface area contributed by atoms with Crippen LogP contribution in [0.25, 0.3) is 0 Å². The van der Waals surface area contributed by atoms with Crippen molar-refractivity contribution in [2.45, 2.75) is 31.1 Å². The van der Waals surface area contributed by atoms with Crippen LogP contribution in [-0.2, 0) is 6.42 Å². The molecule has 1 aromatic rings. The highest BCUT2D eigenvalue weighted by atomic mass is 35.5. The first-order valence-electron chi connectivity index (χ1n) is 5.86. The van der Waals surface area contributed by atoms with Crippen molar-refractivity contribution in [3.05, 3.63) is 30.1 Å². The van der Waals surface area contributed by atoms with Crippen molar-refractivity contribution >= 4 is 11.6 Å². The summed E-state index contributed by atoms with van der Waals surface area (Å²) in [5.41, 5.74) is 1.32. The maximum Gasteiger partial charge on any atom is 0.0404 e. The first-order chi connectivity index (χ1) is 7.33. The largest absolute Gasteiger partial charge is 0.265 e. The van der Waals surface area contributed by atoms with E-state index in [1.165, 1.54) is 24.8 Å². The van der Waals surface area contributed by atoms with E-state index in [-0.39, 0.29) is 0 Å². The molecule has 0 spiro atoms. The van der Waals surface area contributed by atoms with Crippen LogP contribution < -0.4 is 0 Å². The molecule has 0 amide bonds. The predicted octanol–water partition coefficient (Wildman–Crippen LogP) is 3.28. The van der Waals surface area contributed by atoms with Crippen LogP contribution in [0.5, 0.6) is 0 Å². The van der Waals surface area contributed by atoms with Gasteiger partial charge in [0.25, 0.3) is 0 Å². The number of rotatable bonds is 3. The maximum absolute atomic E-state index is 6.49. The van der Waals surface area contributed by atoms with Crippen LogP contribution in [0.1, 0.15) is 24.8 Å². The van der Waals surface area contributed by atoms with Crippen molar-refractivity contribution in [3.63, 3.8) is 0 Å². The molecule has 2 aliphatic carbocycles. The number of fused-ring (bicyclic) bond motifs is 1. The molecule has 3 atom stereocenters. The third-order valence-corrected chi connectivity index (χ3v) is 4.48. The van der Waals surface area contributed by atoms with E-state index in [9.17, 15) is 0 Å². The van der Waals surface area contributed by atoms with Crippen LogP contribution in [0, 0.1) is 17.8 Å². The molecule has 2 heteroatoms. The van der Waals surface area contributed by atoms with Gasteiger partial charge in [0.2, 0.25) is 0 Å². The van der Waals surface area contributed by atoms with Gasteiger partial charge in [-0.25, -0.2) is 0 Å². The van der Waals surface area contributed by atoms with Gasteiger partial charge in [-0.1, -0.05) is 0 Å². The van der Waals surface area contributed by atoms with Crippen molar-refractivity contribution in [3.8, 4) is 0 Å². The Labute approximate surface area is 95.9 Å². The fraction of sp³-hybridized carbons (Fsp3) is 0.615. The molecule has 2 saturated carbocycles. The quantitative estimate of drug-likeness (QED) is 0.714. The molecule has 0 saturated heterocycles. The molecule has 0 aromatic carbocycles. The minimum atomic E-state index is 0.334. The summed E-state index contributed by atoms with van der Waals surface area (Å²) in [6.07, 6.45) is 8.95. The third kappa shape index (κ3) is 2.03. The Morgan fingerprint density at radius 3 is 2.53 bits per heavy atom. The second-order valence-corrected chi connectivity index (χ2v) is 5.62. The molecule has 15 heavy (non-hydrogen) atoms. The average Bonchev–Trinajstić information content (AvgIpc) is 2.87. The highest BCUT2D eigenvalue weighted by molar-refractivity contribution is 6.20. The number of hydrogen-bond acceptors (Lipinski definition) is 1. The van der Waals surface area contributed by atoms with Crippen LogP contribution >= 0.6 is 11.6 Å². The molecular weight excluding hydrogens is 206 g/mol. The van der Waals surface area contributed by atoms with E-state index in [1.807, 2.05) is 12.4 Å². The summed E-state index contributed by atoms with van der Waals surface area (Å²) >= 11 is 6.49. The fourth-order valence-electron chi connectivity index (χ4n) is 2.97. The van der Waals surface area contributed by atoms with Gasteiger partial charge >= 0.3 is 0 Å². The second-order valence-electron chi connectivity index (χ2n) is 5.06. The standard InChI is InChI=1S/C13H16ClN/c14-13(5-9-1-3-15-4-2-9)12-7-10-6-11(10)8-12/h1-4,10-13H,5-8H2. The number of halogens is 1. The zero-order valence-electron chi connectivity index (χ0n) is 8.77. The molecule has 1 aromatic heterocycles. The minimum Gasteiger partial charge on any atom is -0.265 e. The van der Waals surface area contributed by atoms with E-state index in [0.29, 0.717) is 5.38 Å². The van der Waals surface area contributed by atoms with E-state index < -0.39 is 0 Å². The van der Waals surface area contributed by atoms with E-state index in [4.69, 9.17) is 11.6 Å². The Morgan fingerprint density at radius 2 is 1.87 bits per heavy atom. The lowest BCUT2D eigenvalue weighted by atomic mass is 9.95. The van der Waals surface area contributed by atoms with Crippen LogP contribution in [-0.4, -0.2) is 10.4 Å². The Morgan fingerprint density at radius 1 is 1.20 bits per heavy atom. The summed E-state index contributed by atoms with van der Waals surface area (Å²) in [4.78, 5) is 4.03. The molecule has 1 nitrogen and oxygen atoms in total. The zero-order chi connectivity index (χ0) is 10.3. The van der Waals surface area contributed by atoms with E-state index in [1.54, 1.807) is 0 Å². The monoisotopic (exact) mass is 221 g/mol. The summed E-state index contributed by atoms with van der Waals surface area (Å²) in [7, 11) is 0. The van der Waals surface area contributed by atoms with Crippen molar-refractivity contribution < 1.29 is 0 Å². The second kappa shape index (κ2) is 3.79. The summed E-state index contributed by atoms with van der Waals surface area (Å²) in [5, 5.41) is 0.334. The van der Waals surface area contributed by atoms with Crippen molar-refractivity contribution in [1.82, 2.24) is 4.98 Å². The highest BCUT2D eigenvalue weighted by Crippen LogP contribution is 2.55. The number of alkyl halides is 1. The summed E-state index contributed by atoms with van der Waals surface area (Å²) in [6.45, 7) is 0. The minimum absolute atomic E-state index is 0.334. The number of aromatic nitrogens is 1. The maximum atomic E-state index is 6.49. The molecule has 2 aliphatic rings. The van der Waals surface area contributed by atoms with Crippen molar-refractivity contribution in [1.29, 1.82) is 0 Å².